The summed E-state index contributed by atoms with van der Waals surface area (Å²) in [5, 5.41) is 3.03. The largest absolute Gasteiger partial charge is 0.346 e. The predicted molar refractivity (Wildman–Crippen MR) is 123 cm³/mol. The molecule has 6 nitrogen and oxygen atoms in total. The summed E-state index contributed by atoms with van der Waals surface area (Å²) >= 11 is 1.66. The number of thioether (sulfide) groups is 1. The van der Waals surface area contributed by atoms with Crippen molar-refractivity contribution in [3.05, 3.63) is 24.3 Å². The van der Waals surface area contributed by atoms with Gasteiger partial charge in [0.15, 0.2) is 11.9 Å². The fraction of sp³-hybridized carbons (Fsp3) is 0.720. The Morgan fingerprint density at radius 2 is 2.03 bits per heavy atom. The monoisotopic (exact) mass is 461 g/mol. The molecule has 0 unspecified atom stereocenters. The number of hydrogen-bond donors (Lipinski definition) is 1. The molecule has 1 amide bonds. The van der Waals surface area contributed by atoms with Gasteiger partial charge in [0.2, 0.25) is 11.7 Å². The number of rotatable bonds is 5. The molecule has 5 aliphatic rings. The molecule has 1 aromatic rings. The van der Waals surface area contributed by atoms with Crippen molar-refractivity contribution in [2.24, 2.45) is 23.7 Å². The first kappa shape index (κ1) is 22.7. The van der Waals surface area contributed by atoms with E-state index in [9.17, 15) is 4.79 Å². The van der Waals surface area contributed by atoms with E-state index in [1.165, 1.54) is 6.42 Å². The van der Waals surface area contributed by atoms with Gasteiger partial charge in [-0.2, -0.15) is 0 Å². The van der Waals surface area contributed by atoms with Crippen molar-refractivity contribution in [1.82, 2.24) is 0 Å². The Kier molecular flexibility index (Phi) is 6.08. The summed E-state index contributed by atoms with van der Waals surface area (Å²) in [6, 6.07) is 7.94. The number of amides is 1. The Labute approximate surface area is 195 Å². The minimum Gasteiger partial charge on any atom is -0.346 e. The molecule has 1 N–H and O–H groups in total. The maximum Gasteiger partial charge on any atom is 0.224 e. The highest BCUT2D eigenvalue weighted by Crippen LogP contribution is 2.60. The van der Waals surface area contributed by atoms with Crippen molar-refractivity contribution in [2.75, 3.05) is 11.6 Å². The first-order valence-corrected chi connectivity index (χ1v) is 13.2. The third-order valence-corrected chi connectivity index (χ3v) is 9.03. The van der Waals surface area contributed by atoms with Crippen molar-refractivity contribution in [3.8, 4) is 0 Å². The molecule has 2 bridgehead atoms. The number of carbonyl (C=O) groups is 1. The van der Waals surface area contributed by atoms with Gasteiger partial charge < -0.3 is 14.8 Å². The molecule has 0 aromatic heterocycles. The van der Waals surface area contributed by atoms with E-state index >= 15 is 0 Å². The van der Waals surface area contributed by atoms with E-state index in [0.29, 0.717) is 30.6 Å². The highest BCUT2D eigenvalue weighted by molar-refractivity contribution is 7.98. The SMILES string of the molecule is CSc1cccc(NC(=O)CC[C@H]2O[C@@H]3O[C@@]4(C)CC[C@H]5[C@H](C)CC[C@@H]([C@H]2C)[C@@]35OO4)c1. The lowest BCUT2D eigenvalue weighted by atomic mass is 9.57. The highest BCUT2D eigenvalue weighted by atomic mass is 32.2. The number of fused-ring (bicyclic) bond motifs is 2. The highest BCUT2D eigenvalue weighted by Gasteiger charge is 2.69. The molecule has 6 rings (SSSR count). The summed E-state index contributed by atoms with van der Waals surface area (Å²) < 4.78 is 13.0. The quantitative estimate of drug-likeness (QED) is 0.469. The molecule has 4 heterocycles. The van der Waals surface area contributed by atoms with E-state index in [2.05, 4.69) is 19.2 Å². The van der Waals surface area contributed by atoms with Crippen LogP contribution in [0.4, 0.5) is 5.69 Å². The summed E-state index contributed by atoms with van der Waals surface area (Å²) in [4.78, 5) is 25.9. The Balaban J connectivity index is 1.29. The predicted octanol–water partition coefficient (Wildman–Crippen LogP) is 5.38. The molecule has 0 radical (unpaired) electrons. The molecule has 1 spiro atoms. The molecule has 176 valence electrons. The number of carbonyl (C=O) groups excluding carboxylic acids is 1. The average molecular weight is 462 g/mol. The van der Waals surface area contributed by atoms with Crippen molar-refractivity contribution >= 4 is 23.4 Å². The van der Waals surface area contributed by atoms with E-state index in [4.69, 9.17) is 19.2 Å². The number of anilines is 1. The van der Waals surface area contributed by atoms with Crippen molar-refractivity contribution in [1.29, 1.82) is 0 Å². The van der Waals surface area contributed by atoms with Crippen LogP contribution in [0.5, 0.6) is 0 Å². The van der Waals surface area contributed by atoms with Crippen LogP contribution in [0.25, 0.3) is 0 Å². The van der Waals surface area contributed by atoms with E-state index in [-0.39, 0.29) is 17.9 Å². The zero-order valence-electron chi connectivity index (χ0n) is 19.5. The average Bonchev–Trinajstić information content (AvgIpc) is 3.01. The second-order valence-electron chi connectivity index (χ2n) is 10.3. The normalized spacial score (nSPS) is 42.8. The number of ether oxygens (including phenoxy) is 2. The molecule has 7 heteroatoms. The molecular formula is C25H35NO5S. The summed E-state index contributed by atoms with van der Waals surface area (Å²) in [6.45, 7) is 6.52. The molecule has 32 heavy (non-hydrogen) atoms. The van der Waals surface area contributed by atoms with Crippen LogP contribution in [-0.2, 0) is 24.0 Å². The molecule has 4 saturated heterocycles. The fourth-order valence-electron chi connectivity index (χ4n) is 6.51. The van der Waals surface area contributed by atoms with Crippen LogP contribution in [0.1, 0.15) is 59.3 Å². The Hall–Kier alpha value is -1.12. The third-order valence-electron chi connectivity index (χ3n) is 8.30. The van der Waals surface area contributed by atoms with Crippen molar-refractivity contribution in [3.63, 3.8) is 0 Å². The summed E-state index contributed by atoms with van der Waals surface area (Å²) in [5.41, 5.74) is 0.301. The van der Waals surface area contributed by atoms with E-state index < -0.39 is 17.7 Å². The van der Waals surface area contributed by atoms with Crippen LogP contribution < -0.4 is 5.32 Å². The van der Waals surface area contributed by atoms with Gasteiger partial charge in [0, 0.05) is 29.3 Å². The van der Waals surface area contributed by atoms with E-state index in [1.807, 2.05) is 37.4 Å². The van der Waals surface area contributed by atoms with Crippen LogP contribution in [0.2, 0.25) is 0 Å². The van der Waals surface area contributed by atoms with E-state index in [1.54, 1.807) is 11.8 Å². The van der Waals surface area contributed by atoms with Crippen molar-refractivity contribution in [2.45, 2.75) is 88.0 Å². The summed E-state index contributed by atoms with van der Waals surface area (Å²) in [7, 11) is 0. The van der Waals surface area contributed by atoms with E-state index in [0.717, 1.165) is 29.8 Å². The Morgan fingerprint density at radius 3 is 2.84 bits per heavy atom. The first-order chi connectivity index (χ1) is 15.3. The lowest BCUT2D eigenvalue weighted by molar-refractivity contribution is -0.571. The molecule has 1 aliphatic carbocycles. The van der Waals surface area contributed by atoms with Gasteiger partial charge in [-0.15, -0.1) is 11.8 Å². The van der Waals surface area contributed by atoms with Gasteiger partial charge in [-0.05, 0) is 74.8 Å². The van der Waals surface area contributed by atoms with Gasteiger partial charge in [0.05, 0.1) is 6.10 Å². The summed E-state index contributed by atoms with van der Waals surface area (Å²) in [6.07, 6.45) is 6.74. The fourth-order valence-corrected chi connectivity index (χ4v) is 6.97. The standard InChI is InChI=1S/C25H35NO5S/c1-15-8-9-20-16(2)21(10-11-22(27)26-17-6-5-7-18(14-17)32-4)28-23-25(20)19(15)12-13-24(3,29-23)30-31-25/h5-7,14-16,19-21,23H,8-13H2,1-4H3,(H,26,27)/t15-,16-,19+,20+,21-,23-,24-,25-/m1/s1. The smallest absolute Gasteiger partial charge is 0.224 e. The molecular weight excluding hydrogens is 426 g/mol. The second-order valence-corrected chi connectivity index (χ2v) is 11.1. The van der Waals surface area contributed by atoms with Gasteiger partial charge in [-0.25, -0.2) is 9.78 Å². The van der Waals surface area contributed by atoms with Gasteiger partial charge in [0.25, 0.3) is 0 Å². The Morgan fingerprint density at radius 1 is 1.19 bits per heavy atom. The molecule has 8 atom stereocenters. The maximum absolute atomic E-state index is 12.7. The van der Waals surface area contributed by atoms with Gasteiger partial charge in [0.1, 0.15) is 0 Å². The minimum absolute atomic E-state index is 0.0179. The lowest BCUT2D eigenvalue weighted by Gasteiger charge is -2.60. The molecule has 1 saturated carbocycles. The first-order valence-electron chi connectivity index (χ1n) is 12.0. The van der Waals surface area contributed by atoms with Crippen LogP contribution >= 0.6 is 11.8 Å². The molecule has 1 aromatic carbocycles. The zero-order chi connectivity index (χ0) is 22.5. The second kappa shape index (κ2) is 8.58. The Bertz CT molecular complexity index is 866. The topological polar surface area (TPSA) is 66.0 Å². The summed E-state index contributed by atoms with van der Waals surface area (Å²) in [5.74, 6) is 0.745. The van der Waals surface area contributed by atoms with Gasteiger partial charge in [-0.3, -0.25) is 4.79 Å². The van der Waals surface area contributed by atoms with Crippen LogP contribution in [-0.4, -0.2) is 35.9 Å². The van der Waals surface area contributed by atoms with Crippen molar-refractivity contribution < 1.29 is 24.0 Å². The molecule has 4 aliphatic heterocycles. The third kappa shape index (κ3) is 3.80. The van der Waals surface area contributed by atoms with Crippen LogP contribution in [0, 0.1) is 23.7 Å². The number of hydrogen-bond acceptors (Lipinski definition) is 6. The molecule has 5 fully saturated rings. The maximum atomic E-state index is 12.7. The lowest BCUT2D eigenvalue weighted by Crippen LogP contribution is -2.70. The van der Waals surface area contributed by atoms with Gasteiger partial charge >= 0.3 is 0 Å². The van der Waals surface area contributed by atoms with Gasteiger partial charge in [-0.1, -0.05) is 19.9 Å². The van der Waals surface area contributed by atoms with Crippen LogP contribution in [0.3, 0.4) is 0 Å². The number of benzene rings is 1. The zero-order valence-corrected chi connectivity index (χ0v) is 20.3. The van der Waals surface area contributed by atoms with Crippen LogP contribution in [0.15, 0.2) is 29.2 Å². The number of nitrogens with one attached hydrogen (secondary N) is 1. The minimum atomic E-state index is -0.762.